The third-order valence-electron chi connectivity index (χ3n) is 2.88. The minimum Gasteiger partial charge on any atom is -0.294 e. The van der Waals surface area contributed by atoms with Gasteiger partial charge in [-0.1, -0.05) is 49.5 Å². The van der Waals surface area contributed by atoms with Crippen LogP contribution in [0.3, 0.4) is 0 Å². The second-order valence-corrected chi connectivity index (χ2v) is 4.66. The van der Waals surface area contributed by atoms with Crippen LogP contribution in [0.5, 0.6) is 0 Å². The number of allylic oxidation sites excluding steroid dienone is 9. The van der Waals surface area contributed by atoms with Crippen LogP contribution in [-0.4, -0.2) is 5.78 Å². The maximum atomic E-state index is 11.9. The third kappa shape index (κ3) is 5.62. The van der Waals surface area contributed by atoms with Crippen molar-refractivity contribution in [2.45, 2.75) is 39.5 Å². The van der Waals surface area contributed by atoms with Crippen LogP contribution in [0.1, 0.15) is 39.5 Å². The van der Waals surface area contributed by atoms with Gasteiger partial charge in [-0.2, -0.15) is 0 Å². The van der Waals surface area contributed by atoms with E-state index in [-0.39, 0.29) is 5.78 Å². The largest absolute Gasteiger partial charge is 0.294 e. The zero-order valence-electron chi connectivity index (χ0n) is 11.4. The summed E-state index contributed by atoms with van der Waals surface area (Å²) in [5.41, 5.74) is 3.13. The molecule has 0 radical (unpaired) electrons. The molecule has 0 saturated heterocycles. The fraction of sp³-hybridized carbons (Fsp3) is 0.353. The van der Waals surface area contributed by atoms with Crippen molar-refractivity contribution >= 4 is 5.78 Å². The molecule has 0 aromatic heterocycles. The summed E-state index contributed by atoms with van der Waals surface area (Å²) in [4.78, 5) is 11.9. The van der Waals surface area contributed by atoms with Crippen molar-refractivity contribution in [1.29, 1.82) is 0 Å². The molecule has 0 fully saturated rings. The minimum atomic E-state index is 0.168. The van der Waals surface area contributed by atoms with Gasteiger partial charge in [-0.15, -0.1) is 0 Å². The van der Waals surface area contributed by atoms with Crippen molar-refractivity contribution in [1.82, 2.24) is 0 Å². The average molecular weight is 242 g/mol. The molecule has 0 bridgehead atoms. The summed E-state index contributed by atoms with van der Waals surface area (Å²) in [7, 11) is 0. The van der Waals surface area contributed by atoms with E-state index in [1.807, 2.05) is 25.2 Å². The lowest BCUT2D eigenvalue weighted by Crippen LogP contribution is -1.96. The Morgan fingerprint density at radius 3 is 2.67 bits per heavy atom. The Balaban J connectivity index is 2.77. The maximum absolute atomic E-state index is 11.9. The molecule has 0 N–H and O–H groups in total. The molecule has 0 aliphatic heterocycles. The fourth-order valence-electron chi connectivity index (χ4n) is 1.74. The van der Waals surface area contributed by atoms with Gasteiger partial charge >= 0.3 is 0 Å². The molecule has 0 amide bonds. The van der Waals surface area contributed by atoms with E-state index in [9.17, 15) is 4.79 Å². The SMILES string of the molecule is C=C1/C=C(/CC(=O)/C=C(\C)CC)C=CCC/C=C/1. The summed E-state index contributed by atoms with van der Waals surface area (Å²) in [6.07, 6.45) is 15.5. The number of hydrogen-bond acceptors (Lipinski definition) is 1. The molecule has 0 saturated carbocycles. The molecule has 0 atom stereocenters. The fourth-order valence-corrected chi connectivity index (χ4v) is 1.74. The van der Waals surface area contributed by atoms with Crippen LogP contribution in [0.25, 0.3) is 0 Å². The molecule has 1 nitrogen and oxygen atoms in total. The predicted octanol–water partition coefficient (Wildman–Crippen LogP) is 4.69. The second-order valence-electron chi connectivity index (χ2n) is 4.66. The van der Waals surface area contributed by atoms with E-state index in [2.05, 4.69) is 25.7 Å². The lowest BCUT2D eigenvalue weighted by atomic mass is 10.0. The van der Waals surface area contributed by atoms with Gasteiger partial charge < -0.3 is 0 Å². The summed E-state index contributed by atoms with van der Waals surface area (Å²) in [5.74, 6) is 0.168. The molecule has 18 heavy (non-hydrogen) atoms. The molecule has 1 rings (SSSR count). The summed E-state index contributed by atoms with van der Waals surface area (Å²) >= 11 is 0. The number of rotatable bonds is 4. The van der Waals surface area contributed by atoms with Gasteiger partial charge in [0.05, 0.1) is 0 Å². The topological polar surface area (TPSA) is 17.1 Å². The zero-order valence-corrected chi connectivity index (χ0v) is 11.4. The monoisotopic (exact) mass is 242 g/mol. The van der Waals surface area contributed by atoms with Crippen LogP contribution in [0.4, 0.5) is 0 Å². The predicted molar refractivity (Wildman–Crippen MR) is 78.4 cm³/mol. The normalized spacial score (nSPS) is 21.6. The summed E-state index contributed by atoms with van der Waals surface area (Å²) in [6.45, 7) is 8.02. The number of carbonyl (C=O) groups is 1. The quantitative estimate of drug-likeness (QED) is 0.653. The van der Waals surface area contributed by atoms with E-state index in [0.717, 1.165) is 36.0 Å². The zero-order chi connectivity index (χ0) is 13.4. The molecular formula is C17H22O. The van der Waals surface area contributed by atoms with Crippen molar-refractivity contribution in [3.05, 3.63) is 59.8 Å². The molecular weight excluding hydrogens is 220 g/mol. The third-order valence-corrected chi connectivity index (χ3v) is 2.88. The number of hydrogen-bond donors (Lipinski definition) is 0. The van der Waals surface area contributed by atoms with Gasteiger partial charge in [-0.3, -0.25) is 4.79 Å². The van der Waals surface area contributed by atoms with Crippen LogP contribution in [0.2, 0.25) is 0 Å². The van der Waals surface area contributed by atoms with Gasteiger partial charge in [-0.05, 0) is 43.4 Å². The lowest BCUT2D eigenvalue weighted by Gasteiger charge is -2.01. The first-order valence-electron chi connectivity index (χ1n) is 6.54. The highest BCUT2D eigenvalue weighted by Gasteiger charge is 2.02. The Bertz CT molecular complexity index is 431. The first-order chi connectivity index (χ1) is 8.61. The standard InChI is InChI=1S/C17H22O/c1-4-14(2)12-17(18)13-16-10-8-6-5-7-9-15(3)11-16/h7-12H,3-6,13H2,1-2H3/b9-7+,10-8?,14-12+,16-11+. The van der Waals surface area contributed by atoms with Crippen molar-refractivity contribution < 1.29 is 4.79 Å². The van der Waals surface area contributed by atoms with E-state index in [1.165, 1.54) is 0 Å². The Labute approximate surface area is 110 Å². The van der Waals surface area contributed by atoms with Crippen LogP contribution < -0.4 is 0 Å². The van der Waals surface area contributed by atoms with Crippen molar-refractivity contribution in [2.24, 2.45) is 0 Å². The van der Waals surface area contributed by atoms with Gasteiger partial charge in [0.25, 0.3) is 0 Å². The Kier molecular flexibility index (Phi) is 6.13. The smallest absolute Gasteiger partial charge is 0.159 e. The van der Waals surface area contributed by atoms with Gasteiger partial charge in [0.15, 0.2) is 5.78 Å². The molecule has 0 aromatic carbocycles. The summed E-state index contributed by atoms with van der Waals surface area (Å²) in [6, 6.07) is 0. The first kappa shape index (κ1) is 14.4. The highest BCUT2D eigenvalue weighted by atomic mass is 16.1. The Morgan fingerprint density at radius 1 is 1.33 bits per heavy atom. The molecule has 0 spiro atoms. The first-order valence-corrected chi connectivity index (χ1v) is 6.54. The molecule has 96 valence electrons. The summed E-state index contributed by atoms with van der Waals surface area (Å²) in [5, 5.41) is 0. The lowest BCUT2D eigenvalue weighted by molar-refractivity contribution is -0.114. The maximum Gasteiger partial charge on any atom is 0.159 e. The van der Waals surface area contributed by atoms with Crippen molar-refractivity contribution in [2.75, 3.05) is 0 Å². The van der Waals surface area contributed by atoms with Gasteiger partial charge in [0.1, 0.15) is 0 Å². The molecule has 0 aromatic rings. The second kappa shape index (κ2) is 7.65. The van der Waals surface area contributed by atoms with Crippen molar-refractivity contribution in [3.8, 4) is 0 Å². The summed E-state index contributed by atoms with van der Waals surface area (Å²) < 4.78 is 0. The molecule has 1 heteroatoms. The highest BCUT2D eigenvalue weighted by Crippen LogP contribution is 2.14. The molecule has 1 aliphatic rings. The van der Waals surface area contributed by atoms with E-state index < -0.39 is 0 Å². The number of carbonyl (C=O) groups excluding carboxylic acids is 1. The van der Waals surface area contributed by atoms with E-state index in [1.54, 1.807) is 6.08 Å². The van der Waals surface area contributed by atoms with Crippen LogP contribution in [0, 0.1) is 0 Å². The molecule has 0 unspecified atom stereocenters. The number of ketones is 1. The van der Waals surface area contributed by atoms with Crippen LogP contribution in [-0.2, 0) is 4.79 Å². The van der Waals surface area contributed by atoms with E-state index in [0.29, 0.717) is 6.42 Å². The van der Waals surface area contributed by atoms with Gasteiger partial charge in [-0.25, -0.2) is 0 Å². The average Bonchev–Trinajstić information content (AvgIpc) is 2.41. The Hall–Kier alpha value is -1.63. The van der Waals surface area contributed by atoms with Crippen molar-refractivity contribution in [3.63, 3.8) is 0 Å². The van der Waals surface area contributed by atoms with Gasteiger partial charge in [0, 0.05) is 6.42 Å². The highest BCUT2D eigenvalue weighted by molar-refractivity contribution is 5.92. The minimum absolute atomic E-state index is 0.168. The van der Waals surface area contributed by atoms with E-state index in [4.69, 9.17) is 0 Å². The molecule has 0 heterocycles. The molecule has 1 aliphatic carbocycles. The van der Waals surface area contributed by atoms with Crippen LogP contribution in [0.15, 0.2) is 59.8 Å². The van der Waals surface area contributed by atoms with Crippen LogP contribution >= 0.6 is 0 Å². The Morgan fingerprint density at radius 2 is 2.00 bits per heavy atom. The van der Waals surface area contributed by atoms with E-state index >= 15 is 0 Å². The van der Waals surface area contributed by atoms with Gasteiger partial charge in [0.2, 0.25) is 0 Å².